The number of hydrogen-bond donors (Lipinski definition) is 0. The lowest BCUT2D eigenvalue weighted by Crippen LogP contribution is -2.14. The molecular formula is C10H13F3N2O2S. The normalized spacial score (nSPS) is 16.2. The van der Waals surface area contributed by atoms with Crippen molar-refractivity contribution < 1.29 is 22.1 Å². The van der Waals surface area contributed by atoms with E-state index in [1.807, 2.05) is 6.92 Å². The second-order valence-electron chi connectivity index (χ2n) is 3.67. The predicted octanol–water partition coefficient (Wildman–Crippen LogP) is 2.88. The lowest BCUT2D eigenvalue weighted by Gasteiger charge is -2.08. The van der Waals surface area contributed by atoms with Gasteiger partial charge in [-0.1, -0.05) is 11.3 Å². The number of aryl methyl sites for hydroxylation is 1. The first-order chi connectivity index (χ1) is 8.25. The van der Waals surface area contributed by atoms with Crippen LogP contribution < -0.4 is 0 Å². The molecule has 0 N–H and O–H groups in total. The zero-order valence-electron chi connectivity index (χ0n) is 10.1. The molecule has 0 saturated heterocycles. The van der Waals surface area contributed by atoms with E-state index in [0.29, 0.717) is 6.42 Å². The second kappa shape index (κ2) is 5.75. The highest BCUT2D eigenvalue weighted by molar-refractivity contribution is 7.90. The molecule has 0 bridgehead atoms. The minimum atomic E-state index is -4.64. The maximum atomic E-state index is 12.5. The molecule has 8 heteroatoms. The van der Waals surface area contributed by atoms with Gasteiger partial charge in [0.2, 0.25) is 5.76 Å². The van der Waals surface area contributed by atoms with E-state index in [0.717, 1.165) is 6.21 Å². The van der Waals surface area contributed by atoms with Crippen molar-refractivity contribution in [2.24, 2.45) is 4.40 Å². The van der Waals surface area contributed by atoms with Gasteiger partial charge in [0.25, 0.3) is 0 Å². The van der Waals surface area contributed by atoms with Crippen molar-refractivity contribution >= 4 is 17.6 Å². The summed E-state index contributed by atoms with van der Waals surface area (Å²) in [6, 6.07) is 0. The van der Waals surface area contributed by atoms with Crippen LogP contribution in [0.3, 0.4) is 0 Å². The molecule has 1 rings (SSSR count). The van der Waals surface area contributed by atoms with E-state index in [1.165, 1.54) is 6.92 Å². The number of nitrogens with zero attached hydrogens (tertiary/aromatic N) is 2. The van der Waals surface area contributed by atoms with Crippen LogP contribution in [-0.4, -0.2) is 21.0 Å². The zero-order valence-corrected chi connectivity index (χ0v) is 10.9. The molecule has 0 saturated carbocycles. The Balaban J connectivity index is 2.94. The Kier molecular flexibility index (Phi) is 4.80. The average Bonchev–Trinajstić information content (AvgIpc) is 2.66. The topological polar surface area (TPSA) is 61.5 Å². The molecule has 2 atom stereocenters. The van der Waals surface area contributed by atoms with Gasteiger partial charge >= 0.3 is 6.18 Å². The fraction of sp³-hybridized carbons (Fsp3) is 0.600. The van der Waals surface area contributed by atoms with E-state index < -0.39 is 29.0 Å². The maximum Gasteiger partial charge on any atom is 0.451 e. The molecule has 1 heterocycles. The first kappa shape index (κ1) is 15.0. The van der Waals surface area contributed by atoms with Crippen molar-refractivity contribution in [3.8, 4) is 0 Å². The maximum absolute atomic E-state index is 12.5. The van der Waals surface area contributed by atoms with E-state index in [4.69, 9.17) is 0 Å². The Labute approximate surface area is 106 Å². The van der Waals surface area contributed by atoms with E-state index >= 15 is 0 Å². The monoisotopic (exact) mass is 282 g/mol. The van der Waals surface area contributed by atoms with Gasteiger partial charge in [-0.3, -0.25) is 0 Å². The summed E-state index contributed by atoms with van der Waals surface area (Å²) in [4.78, 5) is 3.56. The number of oxazole rings is 1. The molecule has 0 amide bonds. The fourth-order valence-electron chi connectivity index (χ4n) is 1.08. The van der Waals surface area contributed by atoms with Crippen LogP contribution in [0.1, 0.15) is 37.6 Å². The van der Waals surface area contributed by atoms with Crippen molar-refractivity contribution in [3.63, 3.8) is 0 Å². The number of aromatic nitrogens is 1. The van der Waals surface area contributed by atoms with Gasteiger partial charge < -0.3 is 8.97 Å². The summed E-state index contributed by atoms with van der Waals surface area (Å²) in [7, 11) is 0. The van der Waals surface area contributed by atoms with Gasteiger partial charge in [-0.05, 0) is 13.3 Å². The molecule has 1 aromatic heterocycles. The molecule has 18 heavy (non-hydrogen) atoms. The number of halogens is 3. The van der Waals surface area contributed by atoms with Crippen LogP contribution in [0.15, 0.2) is 8.81 Å². The van der Waals surface area contributed by atoms with E-state index in [2.05, 4.69) is 13.8 Å². The summed E-state index contributed by atoms with van der Waals surface area (Å²) in [5.41, 5.74) is -0.448. The quantitative estimate of drug-likeness (QED) is 0.630. The molecule has 0 aromatic carbocycles. The van der Waals surface area contributed by atoms with Gasteiger partial charge in [-0.25, -0.2) is 4.98 Å². The first-order valence-corrected chi connectivity index (χ1v) is 6.42. The standard InChI is InChI=1S/C10H13F3N2O2S/c1-4-6(2)18(16)14-5-8-9(10(11,12)13)17-7(3)15-8/h5-6H,4H2,1-3H3/b14-5+. The third-order valence-corrected chi connectivity index (χ3v) is 3.55. The van der Waals surface area contributed by atoms with E-state index in [1.54, 1.807) is 6.92 Å². The van der Waals surface area contributed by atoms with Gasteiger partial charge in [0.05, 0.1) is 11.4 Å². The van der Waals surface area contributed by atoms with Gasteiger partial charge in [0, 0.05) is 6.92 Å². The smallest absolute Gasteiger partial charge is 0.451 e. The first-order valence-electron chi connectivity index (χ1n) is 5.25. The SMILES string of the molecule is CCC(C)[S+]([O-])/N=C/c1nc(C)oc1C(F)(F)F. The Morgan fingerprint density at radius 3 is 2.67 bits per heavy atom. The van der Waals surface area contributed by atoms with Crippen LogP contribution in [0.2, 0.25) is 0 Å². The molecule has 0 fully saturated rings. The molecular weight excluding hydrogens is 269 g/mol. The van der Waals surface area contributed by atoms with Gasteiger partial charge in [-0.2, -0.15) is 13.2 Å². The lowest BCUT2D eigenvalue weighted by atomic mass is 10.3. The average molecular weight is 282 g/mol. The Hall–Kier alpha value is -1.02. The van der Waals surface area contributed by atoms with Crippen molar-refractivity contribution in [2.45, 2.75) is 38.6 Å². The summed E-state index contributed by atoms with van der Waals surface area (Å²) >= 11 is -1.57. The van der Waals surface area contributed by atoms with Crippen molar-refractivity contribution in [3.05, 3.63) is 17.3 Å². The molecule has 2 unspecified atom stereocenters. The van der Waals surface area contributed by atoms with Crippen LogP contribution >= 0.6 is 0 Å². The largest absolute Gasteiger partial charge is 0.591 e. The molecule has 0 aliphatic carbocycles. The highest BCUT2D eigenvalue weighted by atomic mass is 32.2. The minimum absolute atomic E-state index is 0.113. The Bertz CT molecular complexity index is 431. The highest BCUT2D eigenvalue weighted by Gasteiger charge is 2.39. The van der Waals surface area contributed by atoms with E-state index in [9.17, 15) is 17.7 Å². The highest BCUT2D eigenvalue weighted by Crippen LogP contribution is 2.32. The van der Waals surface area contributed by atoms with Crippen LogP contribution in [0, 0.1) is 6.92 Å². The number of hydrogen-bond acceptors (Lipinski definition) is 4. The van der Waals surface area contributed by atoms with Gasteiger partial charge in [-0.15, -0.1) is 0 Å². The van der Waals surface area contributed by atoms with E-state index in [-0.39, 0.29) is 11.1 Å². The van der Waals surface area contributed by atoms with Gasteiger partial charge in [0.1, 0.15) is 17.2 Å². The summed E-state index contributed by atoms with van der Waals surface area (Å²) < 4.78 is 57.2. The third kappa shape index (κ3) is 3.74. The molecule has 102 valence electrons. The van der Waals surface area contributed by atoms with Crippen LogP contribution in [-0.2, 0) is 17.5 Å². The van der Waals surface area contributed by atoms with Crippen LogP contribution in [0.4, 0.5) is 13.2 Å². The fourth-order valence-corrected chi connectivity index (χ4v) is 1.78. The Morgan fingerprint density at radius 1 is 1.56 bits per heavy atom. The summed E-state index contributed by atoms with van der Waals surface area (Å²) in [5, 5.41) is -0.219. The minimum Gasteiger partial charge on any atom is -0.591 e. The summed E-state index contributed by atoms with van der Waals surface area (Å²) in [6.45, 7) is 4.82. The number of rotatable bonds is 4. The van der Waals surface area contributed by atoms with Gasteiger partial charge in [0.15, 0.2) is 5.89 Å². The predicted molar refractivity (Wildman–Crippen MR) is 61.7 cm³/mol. The summed E-state index contributed by atoms with van der Waals surface area (Å²) in [5.74, 6) is -1.33. The molecule has 0 spiro atoms. The third-order valence-electron chi connectivity index (χ3n) is 2.22. The van der Waals surface area contributed by atoms with Crippen molar-refractivity contribution in [1.29, 1.82) is 0 Å². The molecule has 4 nitrogen and oxygen atoms in total. The van der Waals surface area contributed by atoms with Crippen molar-refractivity contribution in [2.75, 3.05) is 0 Å². The molecule has 1 aromatic rings. The van der Waals surface area contributed by atoms with Crippen LogP contribution in [0.25, 0.3) is 0 Å². The van der Waals surface area contributed by atoms with Crippen LogP contribution in [0.5, 0.6) is 0 Å². The Morgan fingerprint density at radius 2 is 2.17 bits per heavy atom. The van der Waals surface area contributed by atoms with Crippen molar-refractivity contribution in [1.82, 2.24) is 4.98 Å². The lowest BCUT2D eigenvalue weighted by molar-refractivity contribution is -0.153. The molecule has 0 aliphatic rings. The molecule has 0 radical (unpaired) electrons. The number of alkyl halides is 3. The summed E-state index contributed by atoms with van der Waals surface area (Å²) in [6.07, 6.45) is -3.17. The molecule has 0 aliphatic heterocycles. The second-order valence-corrected chi connectivity index (χ2v) is 5.24. The zero-order chi connectivity index (χ0) is 13.9.